The minimum absolute atomic E-state index is 0.284. The third-order valence-corrected chi connectivity index (χ3v) is 2.46. The summed E-state index contributed by atoms with van der Waals surface area (Å²) in [6.45, 7) is 3.18. The highest BCUT2D eigenvalue weighted by molar-refractivity contribution is 6.19. The summed E-state index contributed by atoms with van der Waals surface area (Å²) in [4.78, 5) is 27.1. The molecular weight excluding hydrogens is 182 g/mol. The van der Waals surface area contributed by atoms with Crippen LogP contribution in [0.15, 0.2) is 4.99 Å². The van der Waals surface area contributed by atoms with E-state index in [9.17, 15) is 9.59 Å². The van der Waals surface area contributed by atoms with Gasteiger partial charge in [-0.15, -0.1) is 0 Å². The van der Waals surface area contributed by atoms with Gasteiger partial charge in [-0.3, -0.25) is 20.2 Å². The van der Waals surface area contributed by atoms with Gasteiger partial charge in [-0.25, -0.2) is 4.99 Å². The van der Waals surface area contributed by atoms with Crippen LogP contribution in [-0.4, -0.2) is 23.8 Å². The molecule has 2 amide bonds. The molecule has 1 aliphatic carbocycles. The number of rotatable bonds is 1. The molecule has 1 saturated carbocycles. The third kappa shape index (κ3) is 1.49. The van der Waals surface area contributed by atoms with Crippen LogP contribution in [0.4, 0.5) is 0 Å². The molecule has 2 N–H and O–H groups in total. The zero-order valence-corrected chi connectivity index (χ0v) is 8.26. The quantitative estimate of drug-likeness (QED) is 0.568. The van der Waals surface area contributed by atoms with Gasteiger partial charge >= 0.3 is 0 Å². The van der Waals surface area contributed by atoms with Crippen LogP contribution in [0.2, 0.25) is 0 Å². The number of nitrogens with one attached hydrogen (secondary N) is 2. The van der Waals surface area contributed by atoms with E-state index in [1.807, 2.05) is 0 Å². The molecule has 5 heteroatoms. The molecule has 76 valence electrons. The molecule has 0 aromatic carbocycles. The zero-order valence-electron chi connectivity index (χ0n) is 8.26. The van der Waals surface area contributed by atoms with Gasteiger partial charge in [0.2, 0.25) is 17.8 Å². The fourth-order valence-corrected chi connectivity index (χ4v) is 1.11. The Morgan fingerprint density at radius 2 is 1.71 bits per heavy atom. The van der Waals surface area contributed by atoms with Gasteiger partial charge in [-0.2, -0.15) is 0 Å². The van der Waals surface area contributed by atoms with E-state index < -0.39 is 5.41 Å². The lowest BCUT2D eigenvalue weighted by Crippen LogP contribution is -2.60. The number of hydrogen-bond donors (Lipinski definition) is 2. The van der Waals surface area contributed by atoms with Crippen LogP contribution >= 0.6 is 0 Å². The highest BCUT2D eigenvalue weighted by Gasteiger charge is 2.41. The maximum atomic E-state index is 11.5. The summed E-state index contributed by atoms with van der Waals surface area (Å²) in [7, 11) is 0. The van der Waals surface area contributed by atoms with Crippen LogP contribution in [-0.2, 0) is 9.59 Å². The van der Waals surface area contributed by atoms with Crippen molar-refractivity contribution in [3.05, 3.63) is 0 Å². The second-order valence-electron chi connectivity index (χ2n) is 4.24. The Hall–Kier alpha value is -1.39. The van der Waals surface area contributed by atoms with Gasteiger partial charge in [-0.1, -0.05) is 0 Å². The lowest BCUT2D eigenvalue weighted by Gasteiger charge is -2.28. The summed E-state index contributed by atoms with van der Waals surface area (Å²) >= 11 is 0. The highest BCUT2D eigenvalue weighted by Crippen LogP contribution is 2.24. The molecule has 0 aromatic heterocycles. The van der Waals surface area contributed by atoms with E-state index in [0.29, 0.717) is 5.96 Å². The van der Waals surface area contributed by atoms with Crippen molar-refractivity contribution in [2.75, 3.05) is 0 Å². The van der Waals surface area contributed by atoms with E-state index in [-0.39, 0.29) is 17.9 Å². The van der Waals surface area contributed by atoms with Crippen LogP contribution in [0.25, 0.3) is 0 Å². The first-order valence-corrected chi connectivity index (χ1v) is 4.71. The maximum absolute atomic E-state index is 11.5. The van der Waals surface area contributed by atoms with Gasteiger partial charge in [0.25, 0.3) is 0 Å². The number of aliphatic imine (C=N–C) groups is 1. The highest BCUT2D eigenvalue weighted by atomic mass is 16.2. The van der Waals surface area contributed by atoms with Crippen LogP contribution < -0.4 is 10.6 Å². The van der Waals surface area contributed by atoms with E-state index in [1.165, 1.54) is 0 Å². The molecule has 0 aromatic rings. The summed E-state index contributed by atoms with van der Waals surface area (Å²) in [5.41, 5.74) is -0.997. The Morgan fingerprint density at radius 1 is 1.21 bits per heavy atom. The summed E-state index contributed by atoms with van der Waals surface area (Å²) in [6.07, 6.45) is 2.08. The monoisotopic (exact) mass is 195 g/mol. The van der Waals surface area contributed by atoms with E-state index in [1.54, 1.807) is 13.8 Å². The second-order valence-corrected chi connectivity index (χ2v) is 4.24. The first-order chi connectivity index (χ1) is 6.50. The molecule has 1 saturated heterocycles. The Balaban J connectivity index is 2.15. The van der Waals surface area contributed by atoms with Crippen LogP contribution in [0.1, 0.15) is 26.7 Å². The first kappa shape index (κ1) is 9.18. The molecule has 1 aliphatic heterocycles. The molecule has 0 unspecified atom stereocenters. The zero-order chi connectivity index (χ0) is 10.3. The molecule has 2 fully saturated rings. The average Bonchev–Trinajstić information content (AvgIpc) is 2.85. The van der Waals surface area contributed by atoms with Gasteiger partial charge in [0.1, 0.15) is 5.41 Å². The topological polar surface area (TPSA) is 70.6 Å². The van der Waals surface area contributed by atoms with Crippen molar-refractivity contribution in [2.45, 2.75) is 32.7 Å². The van der Waals surface area contributed by atoms with Gasteiger partial charge in [0.05, 0.1) is 6.04 Å². The minimum Gasteiger partial charge on any atom is -0.295 e. The Bertz CT molecular complexity index is 307. The Labute approximate surface area is 82.0 Å². The molecule has 5 nitrogen and oxygen atoms in total. The average molecular weight is 195 g/mol. The number of guanidine groups is 1. The number of carbonyl (C=O) groups excluding carboxylic acids is 2. The van der Waals surface area contributed by atoms with Crippen molar-refractivity contribution < 1.29 is 9.59 Å². The van der Waals surface area contributed by atoms with Crippen molar-refractivity contribution in [3.63, 3.8) is 0 Å². The molecule has 0 spiro atoms. The van der Waals surface area contributed by atoms with Gasteiger partial charge in [0.15, 0.2) is 0 Å². The van der Waals surface area contributed by atoms with E-state index in [4.69, 9.17) is 0 Å². The van der Waals surface area contributed by atoms with Crippen molar-refractivity contribution in [2.24, 2.45) is 10.4 Å². The van der Waals surface area contributed by atoms with E-state index >= 15 is 0 Å². The predicted molar refractivity (Wildman–Crippen MR) is 50.5 cm³/mol. The molecule has 0 bridgehead atoms. The van der Waals surface area contributed by atoms with E-state index in [2.05, 4.69) is 15.6 Å². The molecule has 14 heavy (non-hydrogen) atoms. The number of carbonyl (C=O) groups is 2. The molecular formula is C9H13N3O2. The van der Waals surface area contributed by atoms with Crippen molar-refractivity contribution in [3.8, 4) is 0 Å². The smallest absolute Gasteiger partial charge is 0.241 e. The Morgan fingerprint density at radius 3 is 2.14 bits per heavy atom. The number of nitrogens with zero attached hydrogens (tertiary/aromatic N) is 1. The first-order valence-electron chi connectivity index (χ1n) is 4.71. The molecule has 2 aliphatic rings. The lowest BCUT2D eigenvalue weighted by atomic mass is 9.90. The maximum Gasteiger partial charge on any atom is 0.241 e. The van der Waals surface area contributed by atoms with Crippen LogP contribution in [0.3, 0.4) is 0 Å². The predicted octanol–water partition coefficient (Wildman–Crippen LogP) is -0.223. The second kappa shape index (κ2) is 2.80. The molecule has 0 atom stereocenters. The third-order valence-electron chi connectivity index (χ3n) is 2.46. The molecule has 2 rings (SSSR count). The van der Waals surface area contributed by atoms with Gasteiger partial charge in [-0.05, 0) is 26.7 Å². The van der Waals surface area contributed by atoms with Gasteiger partial charge in [0, 0.05) is 0 Å². The van der Waals surface area contributed by atoms with Crippen LogP contribution in [0.5, 0.6) is 0 Å². The minimum atomic E-state index is -0.997. The number of amides is 2. The summed E-state index contributed by atoms with van der Waals surface area (Å²) in [6, 6.07) is 0.284. The Kier molecular flexibility index (Phi) is 1.83. The molecule has 0 radical (unpaired) electrons. The fourth-order valence-electron chi connectivity index (χ4n) is 1.11. The lowest BCUT2D eigenvalue weighted by molar-refractivity contribution is -0.141. The van der Waals surface area contributed by atoms with Crippen molar-refractivity contribution in [1.29, 1.82) is 0 Å². The SMILES string of the molecule is CC1(C)C(=O)NC(=NC2CC2)NC1=O. The normalized spacial score (nSPS) is 25.4. The van der Waals surface area contributed by atoms with E-state index in [0.717, 1.165) is 12.8 Å². The van der Waals surface area contributed by atoms with Gasteiger partial charge < -0.3 is 0 Å². The molecule has 1 heterocycles. The summed E-state index contributed by atoms with van der Waals surface area (Å²) < 4.78 is 0. The van der Waals surface area contributed by atoms with Crippen LogP contribution in [0, 0.1) is 5.41 Å². The summed E-state index contributed by atoms with van der Waals surface area (Å²) in [5.74, 6) is -0.275. The largest absolute Gasteiger partial charge is 0.295 e. The van der Waals surface area contributed by atoms with Crippen molar-refractivity contribution >= 4 is 17.8 Å². The van der Waals surface area contributed by atoms with Crippen molar-refractivity contribution in [1.82, 2.24) is 10.6 Å². The number of hydrogen-bond acceptors (Lipinski definition) is 3. The summed E-state index contributed by atoms with van der Waals surface area (Å²) in [5, 5.41) is 5.18. The standard InChI is InChI=1S/C9H13N3O2/c1-9(2)6(13)11-8(12-7(9)14)10-5-3-4-5/h5H,3-4H2,1-2H3,(H2,10,11,12,13,14). The fraction of sp³-hybridized carbons (Fsp3) is 0.667.